The summed E-state index contributed by atoms with van der Waals surface area (Å²) < 4.78 is 0. The van der Waals surface area contributed by atoms with Gasteiger partial charge in [-0.2, -0.15) is 0 Å². The maximum Gasteiger partial charge on any atom is 0.0886 e. The summed E-state index contributed by atoms with van der Waals surface area (Å²) in [6.07, 6.45) is 5.03. The number of hydrogen-bond donors (Lipinski definition) is 2. The van der Waals surface area contributed by atoms with Crippen LogP contribution in [0.25, 0.3) is 11.3 Å². The Morgan fingerprint density at radius 3 is 2.58 bits per heavy atom. The van der Waals surface area contributed by atoms with Crippen molar-refractivity contribution in [3.05, 3.63) is 73.0 Å². The second kappa shape index (κ2) is 5.78. The SMILES string of the molecule is C=C/C=C\C(=N)c1cccc(-c2ccc(N)cc2)n1. The molecule has 0 spiro atoms. The zero-order valence-corrected chi connectivity index (χ0v) is 10.5. The van der Waals surface area contributed by atoms with Gasteiger partial charge in [-0.05, 0) is 30.3 Å². The molecule has 0 saturated heterocycles. The molecular formula is C16H15N3. The van der Waals surface area contributed by atoms with Crippen molar-refractivity contribution in [2.75, 3.05) is 5.73 Å². The average molecular weight is 249 g/mol. The largest absolute Gasteiger partial charge is 0.399 e. The van der Waals surface area contributed by atoms with E-state index in [0.717, 1.165) is 16.9 Å². The van der Waals surface area contributed by atoms with E-state index in [9.17, 15) is 0 Å². The summed E-state index contributed by atoms with van der Waals surface area (Å²) >= 11 is 0. The first-order valence-corrected chi connectivity index (χ1v) is 5.91. The van der Waals surface area contributed by atoms with Crippen LogP contribution in [0.5, 0.6) is 0 Å². The highest BCUT2D eigenvalue weighted by atomic mass is 14.7. The highest BCUT2D eigenvalue weighted by molar-refractivity contribution is 6.05. The minimum absolute atomic E-state index is 0.359. The van der Waals surface area contributed by atoms with Crippen LogP contribution in [0.15, 0.2) is 67.3 Å². The van der Waals surface area contributed by atoms with Crippen LogP contribution in [0, 0.1) is 5.41 Å². The highest BCUT2D eigenvalue weighted by Crippen LogP contribution is 2.18. The normalized spacial score (nSPS) is 10.5. The quantitative estimate of drug-likeness (QED) is 0.495. The first kappa shape index (κ1) is 12.8. The van der Waals surface area contributed by atoms with Gasteiger partial charge in [0, 0.05) is 11.3 Å². The molecule has 0 unspecified atom stereocenters. The Kier molecular flexibility index (Phi) is 3.88. The average Bonchev–Trinajstić information content (AvgIpc) is 2.45. The van der Waals surface area contributed by atoms with Crippen LogP contribution in [0.3, 0.4) is 0 Å². The van der Waals surface area contributed by atoms with Crippen molar-refractivity contribution < 1.29 is 0 Å². The van der Waals surface area contributed by atoms with E-state index in [0.29, 0.717) is 11.4 Å². The van der Waals surface area contributed by atoms with E-state index in [4.69, 9.17) is 11.1 Å². The molecule has 1 aromatic heterocycles. The summed E-state index contributed by atoms with van der Waals surface area (Å²) in [5.74, 6) is 0. The van der Waals surface area contributed by atoms with E-state index in [2.05, 4.69) is 11.6 Å². The smallest absolute Gasteiger partial charge is 0.0886 e. The molecule has 0 bridgehead atoms. The number of nitrogen functional groups attached to an aromatic ring is 1. The van der Waals surface area contributed by atoms with Crippen molar-refractivity contribution in [3.8, 4) is 11.3 Å². The molecule has 0 fully saturated rings. The number of pyridine rings is 1. The molecule has 0 atom stereocenters. The zero-order chi connectivity index (χ0) is 13.7. The summed E-state index contributed by atoms with van der Waals surface area (Å²) in [4.78, 5) is 4.47. The van der Waals surface area contributed by atoms with Crippen molar-refractivity contribution in [1.82, 2.24) is 4.98 Å². The minimum Gasteiger partial charge on any atom is -0.399 e. The Hall–Kier alpha value is -2.68. The van der Waals surface area contributed by atoms with Crippen LogP contribution in [0.4, 0.5) is 5.69 Å². The molecule has 94 valence electrons. The van der Waals surface area contributed by atoms with Gasteiger partial charge in [-0.3, -0.25) is 5.41 Å². The Balaban J connectivity index is 2.34. The molecule has 2 rings (SSSR count). The number of nitrogens with two attached hydrogens (primary N) is 1. The molecule has 1 heterocycles. The summed E-state index contributed by atoms with van der Waals surface area (Å²) in [5.41, 5.74) is 9.19. The van der Waals surface area contributed by atoms with Gasteiger partial charge in [-0.15, -0.1) is 0 Å². The molecule has 0 aliphatic heterocycles. The number of nitrogens with zero attached hydrogens (tertiary/aromatic N) is 1. The highest BCUT2D eigenvalue weighted by Gasteiger charge is 2.03. The van der Waals surface area contributed by atoms with Gasteiger partial charge in [0.1, 0.15) is 0 Å². The van der Waals surface area contributed by atoms with Gasteiger partial charge in [-0.25, -0.2) is 4.98 Å². The third kappa shape index (κ3) is 3.16. The van der Waals surface area contributed by atoms with Crippen LogP contribution in [-0.4, -0.2) is 10.7 Å². The minimum atomic E-state index is 0.359. The van der Waals surface area contributed by atoms with E-state index in [1.165, 1.54) is 0 Å². The first-order valence-electron chi connectivity index (χ1n) is 5.91. The summed E-state index contributed by atoms with van der Waals surface area (Å²) in [6, 6.07) is 13.1. The van der Waals surface area contributed by atoms with Gasteiger partial charge in [0.2, 0.25) is 0 Å². The Bertz CT molecular complexity index is 625. The topological polar surface area (TPSA) is 62.8 Å². The van der Waals surface area contributed by atoms with Crippen LogP contribution in [0.1, 0.15) is 5.69 Å². The fourth-order valence-corrected chi connectivity index (χ4v) is 1.65. The van der Waals surface area contributed by atoms with Crippen LogP contribution >= 0.6 is 0 Å². The van der Waals surface area contributed by atoms with Crippen molar-refractivity contribution in [2.45, 2.75) is 0 Å². The van der Waals surface area contributed by atoms with Gasteiger partial charge < -0.3 is 5.73 Å². The lowest BCUT2D eigenvalue weighted by Gasteiger charge is -2.04. The van der Waals surface area contributed by atoms with Crippen LogP contribution < -0.4 is 5.73 Å². The number of hydrogen-bond acceptors (Lipinski definition) is 3. The lowest BCUT2D eigenvalue weighted by molar-refractivity contribution is 1.28. The summed E-state index contributed by atoms with van der Waals surface area (Å²) in [7, 11) is 0. The van der Waals surface area contributed by atoms with E-state index >= 15 is 0 Å². The Labute approximate surface area is 112 Å². The predicted molar refractivity (Wildman–Crippen MR) is 80.3 cm³/mol. The first-order chi connectivity index (χ1) is 9.20. The molecule has 0 saturated carbocycles. The molecule has 0 amide bonds. The van der Waals surface area contributed by atoms with Crippen LogP contribution in [0.2, 0.25) is 0 Å². The summed E-state index contributed by atoms with van der Waals surface area (Å²) in [5, 5.41) is 7.91. The molecule has 3 nitrogen and oxygen atoms in total. The lowest BCUT2D eigenvalue weighted by Crippen LogP contribution is -1.99. The lowest BCUT2D eigenvalue weighted by atomic mass is 10.1. The fraction of sp³-hybridized carbons (Fsp3) is 0. The second-order valence-electron chi connectivity index (χ2n) is 4.04. The van der Waals surface area contributed by atoms with Crippen molar-refractivity contribution in [3.63, 3.8) is 0 Å². The zero-order valence-electron chi connectivity index (χ0n) is 10.5. The standard InChI is InChI=1S/C16H15N3/c1-2-3-5-14(18)16-7-4-6-15(19-16)12-8-10-13(17)11-9-12/h2-11,18H,1,17H2/b5-3-,18-14?. The van der Waals surface area contributed by atoms with Gasteiger partial charge in [0.15, 0.2) is 0 Å². The number of rotatable bonds is 4. The maximum absolute atomic E-state index is 7.91. The van der Waals surface area contributed by atoms with E-state index in [1.807, 2.05) is 42.5 Å². The third-order valence-corrected chi connectivity index (χ3v) is 2.63. The van der Waals surface area contributed by atoms with E-state index in [1.54, 1.807) is 18.2 Å². The number of anilines is 1. The number of allylic oxidation sites excluding steroid dienone is 3. The van der Waals surface area contributed by atoms with E-state index < -0.39 is 0 Å². The fourth-order valence-electron chi connectivity index (χ4n) is 1.65. The molecule has 1 aromatic carbocycles. The molecule has 0 aliphatic carbocycles. The third-order valence-electron chi connectivity index (χ3n) is 2.63. The number of benzene rings is 1. The molecule has 3 heteroatoms. The molecule has 19 heavy (non-hydrogen) atoms. The van der Waals surface area contributed by atoms with Gasteiger partial charge >= 0.3 is 0 Å². The van der Waals surface area contributed by atoms with Gasteiger partial charge in [0.25, 0.3) is 0 Å². The Morgan fingerprint density at radius 1 is 1.16 bits per heavy atom. The van der Waals surface area contributed by atoms with Gasteiger partial charge in [0.05, 0.1) is 17.1 Å². The van der Waals surface area contributed by atoms with E-state index in [-0.39, 0.29) is 0 Å². The molecule has 2 aromatic rings. The maximum atomic E-state index is 7.91. The predicted octanol–water partition coefficient (Wildman–Crippen LogP) is 3.44. The monoisotopic (exact) mass is 249 g/mol. The molecule has 0 radical (unpaired) electrons. The second-order valence-corrected chi connectivity index (χ2v) is 4.04. The number of aromatic nitrogens is 1. The number of nitrogens with one attached hydrogen (secondary N) is 1. The molecule has 0 aliphatic rings. The van der Waals surface area contributed by atoms with Crippen molar-refractivity contribution in [1.29, 1.82) is 5.41 Å². The van der Waals surface area contributed by atoms with Crippen molar-refractivity contribution >= 4 is 11.4 Å². The van der Waals surface area contributed by atoms with Crippen molar-refractivity contribution in [2.24, 2.45) is 0 Å². The molecular weight excluding hydrogens is 234 g/mol. The van der Waals surface area contributed by atoms with Crippen LogP contribution in [-0.2, 0) is 0 Å². The molecule has 3 N–H and O–H groups in total. The summed E-state index contributed by atoms with van der Waals surface area (Å²) in [6.45, 7) is 3.58. The van der Waals surface area contributed by atoms with Gasteiger partial charge in [-0.1, -0.05) is 36.9 Å². The Morgan fingerprint density at radius 2 is 1.89 bits per heavy atom.